The zero-order valence-corrected chi connectivity index (χ0v) is 12.5. The first-order valence-corrected chi connectivity index (χ1v) is 8.03. The molecule has 0 aromatic rings. The van der Waals surface area contributed by atoms with Crippen molar-refractivity contribution in [1.82, 2.24) is 10.6 Å². The minimum absolute atomic E-state index is 0.0647. The van der Waals surface area contributed by atoms with Crippen LogP contribution in [-0.4, -0.2) is 42.9 Å². The number of urea groups is 1. The van der Waals surface area contributed by atoms with Gasteiger partial charge in [-0.15, -0.1) is 0 Å². The van der Waals surface area contributed by atoms with Crippen LogP contribution in [0.15, 0.2) is 0 Å². The molecule has 3 atom stereocenters. The predicted molar refractivity (Wildman–Crippen MR) is 78.1 cm³/mol. The Balaban J connectivity index is 1.57. The van der Waals surface area contributed by atoms with Crippen molar-refractivity contribution in [2.24, 2.45) is 11.8 Å². The van der Waals surface area contributed by atoms with Gasteiger partial charge in [0.1, 0.15) is 0 Å². The largest absolute Gasteiger partial charge is 0.481 e. The van der Waals surface area contributed by atoms with Crippen molar-refractivity contribution < 1.29 is 19.4 Å². The zero-order valence-electron chi connectivity index (χ0n) is 12.5. The molecule has 1 saturated carbocycles. The normalized spacial score (nSPS) is 29.0. The van der Waals surface area contributed by atoms with E-state index in [1.165, 1.54) is 6.42 Å². The molecule has 2 aliphatic rings. The van der Waals surface area contributed by atoms with E-state index in [0.29, 0.717) is 13.1 Å². The second-order valence-corrected chi connectivity index (χ2v) is 6.05. The van der Waals surface area contributed by atoms with Crippen LogP contribution in [0.25, 0.3) is 0 Å². The van der Waals surface area contributed by atoms with Crippen molar-refractivity contribution in [2.45, 2.75) is 51.0 Å². The van der Waals surface area contributed by atoms with Gasteiger partial charge in [0.05, 0.1) is 12.0 Å². The number of aliphatic carboxylic acids is 1. The number of nitrogens with one attached hydrogen (secondary N) is 2. The molecule has 0 aromatic carbocycles. The molecule has 3 unspecified atom stereocenters. The summed E-state index contributed by atoms with van der Waals surface area (Å²) in [6, 6.07) is -0.207. The number of carboxylic acid groups (broad SMARTS) is 1. The van der Waals surface area contributed by atoms with E-state index in [1.807, 2.05) is 0 Å². The minimum atomic E-state index is -0.742. The molecule has 2 rings (SSSR count). The molecule has 0 spiro atoms. The number of ether oxygens (including phenoxy) is 1. The van der Waals surface area contributed by atoms with Crippen molar-refractivity contribution in [2.75, 3.05) is 19.7 Å². The number of amides is 2. The first-order chi connectivity index (χ1) is 10.2. The summed E-state index contributed by atoms with van der Waals surface area (Å²) in [5.74, 6) is -0.981. The number of hydrogen-bond acceptors (Lipinski definition) is 3. The maximum Gasteiger partial charge on any atom is 0.314 e. The maximum atomic E-state index is 11.7. The Bertz CT molecular complexity index is 356. The SMILES string of the molecule is O=C(NCCC1CCCCO1)NCC1CCCC1C(=O)O. The van der Waals surface area contributed by atoms with Crippen molar-refractivity contribution in [3.05, 3.63) is 0 Å². The summed E-state index contributed by atoms with van der Waals surface area (Å²) in [4.78, 5) is 22.8. The Morgan fingerprint density at radius 3 is 2.67 bits per heavy atom. The lowest BCUT2D eigenvalue weighted by Gasteiger charge is -2.22. The fourth-order valence-corrected chi connectivity index (χ4v) is 3.27. The topological polar surface area (TPSA) is 87.7 Å². The van der Waals surface area contributed by atoms with Gasteiger partial charge in [-0.3, -0.25) is 4.79 Å². The summed E-state index contributed by atoms with van der Waals surface area (Å²) in [7, 11) is 0. The standard InChI is InChI=1S/C15H26N2O4/c18-14(19)13-6-3-4-11(13)10-17-15(20)16-8-7-12-5-1-2-9-21-12/h11-13H,1-10H2,(H,18,19)(H2,16,17,20). The molecular formula is C15H26N2O4. The number of rotatable bonds is 6. The van der Waals surface area contributed by atoms with Gasteiger partial charge in [0.25, 0.3) is 0 Å². The minimum Gasteiger partial charge on any atom is -0.481 e. The lowest BCUT2D eigenvalue weighted by atomic mass is 9.96. The molecule has 6 heteroatoms. The molecule has 0 bridgehead atoms. The molecule has 3 N–H and O–H groups in total. The highest BCUT2D eigenvalue weighted by atomic mass is 16.5. The van der Waals surface area contributed by atoms with Crippen molar-refractivity contribution in [3.63, 3.8) is 0 Å². The first-order valence-electron chi connectivity index (χ1n) is 8.03. The second kappa shape index (κ2) is 8.22. The van der Waals surface area contributed by atoms with Gasteiger partial charge in [-0.1, -0.05) is 6.42 Å². The molecule has 21 heavy (non-hydrogen) atoms. The molecule has 1 saturated heterocycles. The summed E-state index contributed by atoms with van der Waals surface area (Å²) in [5, 5.41) is 14.7. The fraction of sp³-hybridized carbons (Fsp3) is 0.867. The van der Waals surface area contributed by atoms with Gasteiger partial charge in [-0.25, -0.2) is 4.79 Å². The van der Waals surface area contributed by atoms with Crippen LogP contribution in [0, 0.1) is 11.8 Å². The molecule has 120 valence electrons. The van der Waals surface area contributed by atoms with Crippen molar-refractivity contribution in [1.29, 1.82) is 0 Å². The van der Waals surface area contributed by atoms with Crippen LogP contribution in [0.5, 0.6) is 0 Å². The van der Waals surface area contributed by atoms with Gasteiger partial charge in [0, 0.05) is 19.7 Å². The van der Waals surface area contributed by atoms with Gasteiger partial charge >= 0.3 is 12.0 Å². The first kappa shape index (κ1) is 16.1. The van der Waals surface area contributed by atoms with Gasteiger partial charge in [-0.05, 0) is 44.4 Å². The lowest BCUT2D eigenvalue weighted by molar-refractivity contribution is -0.142. The number of carbonyl (C=O) groups is 2. The van der Waals surface area contributed by atoms with Gasteiger partial charge < -0.3 is 20.5 Å². The second-order valence-electron chi connectivity index (χ2n) is 6.05. The highest BCUT2D eigenvalue weighted by Gasteiger charge is 2.32. The van der Waals surface area contributed by atoms with E-state index < -0.39 is 5.97 Å². The molecule has 0 radical (unpaired) electrons. The predicted octanol–water partition coefficient (Wildman–Crippen LogP) is 1.75. The Morgan fingerprint density at radius 2 is 1.95 bits per heavy atom. The van der Waals surface area contributed by atoms with Crippen LogP contribution in [0.2, 0.25) is 0 Å². The van der Waals surface area contributed by atoms with E-state index in [9.17, 15) is 9.59 Å². The van der Waals surface area contributed by atoms with Crippen molar-refractivity contribution in [3.8, 4) is 0 Å². The van der Waals surface area contributed by atoms with Gasteiger partial charge in [0.15, 0.2) is 0 Å². The fourth-order valence-electron chi connectivity index (χ4n) is 3.27. The van der Waals surface area contributed by atoms with Crippen LogP contribution in [-0.2, 0) is 9.53 Å². The smallest absolute Gasteiger partial charge is 0.314 e. The van der Waals surface area contributed by atoms with Crippen LogP contribution in [0.3, 0.4) is 0 Å². The van der Waals surface area contributed by atoms with Gasteiger partial charge in [0.2, 0.25) is 0 Å². The lowest BCUT2D eigenvalue weighted by Crippen LogP contribution is -2.40. The summed E-state index contributed by atoms with van der Waals surface area (Å²) in [6.07, 6.45) is 7.07. The molecule has 2 fully saturated rings. The van der Waals surface area contributed by atoms with E-state index in [4.69, 9.17) is 9.84 Å². The Morgan fingerprint density at radius 1 is 1.10 bits per heavy atom. The highest BCUT2D eigenvalue weighted by molar-refractivity contribution is 5.74. The summed E-state index contributed by atoms with van der Waals surface area (Å²) < 4.78 is 5.60. The third kappa shape index (κ3) is 5.19. The number of hydrogen-bond donors (Lipinski definition) is 3. The molecule has 1 aliphatic heterocycles. The van der Waals surface area contributed by atoms with Crippen LogP contribution in [0.1, 0.15) is 44.9 Å². The van der Waals surface area contributed by atoms with E-state index in [2.05, 4.69) is 10.6 Å². The van der Waals surface area contributed by atoms with Gasteiger partial charge in [-0.2, -0.15) is 0 Å². The molecular weight excluding hydrogens is 272 g/mol. The molecule has 6 nitrogen and oxygen atoms in total. The highest BCUT2D eigenvalue weighted by Crippen LogP contribution is 2.31. The van der Waals surface area contributed by atoms with E-state index in [0.717, 1.165) is 45.1 Å². The van der Waals surface area contributed by atoms with E-state index in [1.54, 1.807) is 0 Å². The number of carbonyl (C=O) groups excluding carboxylic acids is 1. The average molecular weight is 298 g/mol. The average Bonchev–Trinajstić information content (AvgIpc) is 2.95. The maximum absolute atomic E-state index is 11.7. The Labute approximate surface area is 125 Å². The van der Waals surface area contributed by atoms with Crippen LogP contribution < -0.4 is 10.6 Å². The molecule has 0 aromatic heterocycles. The van der Waals surface area contributed by atoms with Crippen LogP contribution in [0.4, 0.5) is 4.79 Å². The Kier molecular flexibility index (Phi) is 6.29. The van der Waals surface area contributed by atoms with Crippen molar-refractivity contribution >= 4 is 12.0 Å². The monoisotopic (exact) mass is 298 g/mol. The summed E-state index contributed by atoms with van der Waals surface area (Å²) in [6.45, 7) is 1.88. The van der Waals surface area contributed by atoms with Crippen LogP contribution >= 0.6 is 0 Å². The van der Waals surface area contributed by atoms with E-state index >= 15 is 0 Å². The third-order valence-electron chi connectivity index (χ3n) is 4.53. The number of carboxylic acids is 1. The molecule has 2 amide bonds. The molecule has 1 heterocycles. The quantitative estimate of drug-likeness (QED) is 0.697. The summed E-state index contributed by atoms with van der Waals surface area (Å²) >= 11 is 0. The zero-order chi connectivity index (χ0) is 15.1. The molecule has 1 aliphatic carbocycles. The van der Waals surface area contributed by atoms with E-state index in [-0.39, 0.29) is 24.0 Å². The Hall–Kier alpha value is -1.30. The third-order valence-corrected chi connectivity index (χ3v) is 4.53. The summed E-state index contributed by atoms with van der Waals surface area (Å²) in [5.41, 5.74) is 0.